The topological polar surface area (TPSA) is 84.1 Å². The predicted octanol–water partition coefficient (Wildman–Crippen LogP) is 2.52. The summed E-state index contributed by atoms with van der Waals surface area (Å²) in [6.07, 6.45) is 3.38. The lowest BCUT2D eigenvalue weighted by atomic mass is 10.3. The van der Waals surface area contributed by atoms with Crippen molar-refractivity contribution in [3.8, 4) is 0 Å². The van der Waals surface area contributed by atoms with Gasteiger partial charge in [-0.3, -0.25) is 4.98 Å². The molecule has 0 spiro atoms. The fourth-order valence-electron chi connectivity index (χ4n) is 0.999. The average molecular weight is 235 g/mol. The summed E-state index contributed by atoms with van der Waals surface area (Å²) in [6, 6.07) is 3.25. The molecule has 0 amide bonds. The van der Waals surface area contributed by atoms with Crippen molar-refractivity contribution in [2.24, 2.45) is 10.2 Å². The Morgan fingerprint density at radius 1 is 1.47 bits per heavy atom. The molecule has 0 saturated heterocycles. The second-order valence-electron chi connectivity index (χ2n) is 3.05. The molecule has 0 bridgehead atoms. The molecule has 0 radical (unpaired) electrons. The molecule has 0 fully saturated rings. The Hall–Kier alpha value is -2.24. The number of hydrogen-bond acceptors (Lipinski definition) is 6. The van der Waals surface area contributed by atoms with E-state index in [1.165, 1.54) is 7.11 Å². The molecule has 0 aliphatic rings. The molecule has 90 valence electrons. The zero-order chi connectivity index (χ0) is 12.7. The van der Waals surface area contributed by atoms with Gasteiger partial charge in [0.05, 0.1) is 12.8 Å². The van der Waals surface area contributed by atoms with E-state index < -0.39 is 5.97 Å². The van der Waals surface area contributed by atoms with E-state index in [-0.39, 0.29) is 17.9 Å². The first-order valence-corrected chi connectivity index (χ1v) is 5.01. The molecule has 1 N–H and O–H groups in total. The maximum absolute atomic E-state index is 11.3. The lowest BCUT2D eigenvalue weighted by Crippen LogP contribution is -2.05. The smallest absolute Gasteiger partial charge is 0.362 e. The minimum absolute atomic E-state index is 0.158. The molecule has 0 aromatic carbocycles. The molecule has 6 nitrogen and oxygen atoms in total. The van der Waals surface area contributed by atoms with Gasteiger partial charge in [0.2, 0.25) is 5.70 Å². The van der Waals surface area contributed by atoms with Gasteiger partial charge in [0, 0.05) is 18.8 Å². The van der Waals surface area contributed by atoms with Crippen LogP contribution in [0.4, 0.5) is 5.69 Å². The summed E-state index contributed by atoms with van der Waals surface area (Å²) < 4.78 is 4.50. The van der Waals surface area contributed by atoms with Gasteiger partial charge in [-0.1, -0.05) is 6.92 Å². The monoisotopic (exact) mass is 235 g/mol. The largest absolute Gasteiger partial charge is 0.510 e. The van der Waals surface area contributed by atoms with Gasteiger partial charge in [-0.15, -0.1) is 5.11 Å². The first-order chi connectivity index (χ1) is 8.19. The third kappa shape index (κ3) is 3.67. The van der Waals surface area contributed by atoms with Crippen LogP contribution in [0.5, 0.6) is 0 Å². The minimum Gasteiger partial charge on any atom is -0.510 e. The number of aromatic nitrogens is 1. The molecule has 0 unspecified atom stereocenters. The van der Waals surface area contributed by atoms with Crippen molar-refractivity contribution in [1.29, 1.82) is 0 Å². The van der Waals surface area contributed by atoms with E-state index in [4.69, 9.17) is 0 Å². The number of carbonyl (C=O) groups is 1. The summed E-state index contributed by atoms with van der Waals surface area (Å²) in [5.74, 6) is -0.878. The molecule has 0 atom stereocenters. The van der Waals surface area contributed by atoms with Crippen molar-refractivity contribution in [1.82, 2.24) is 4.98 Å². The van der Waals surface area contributed by atoms with Crippen LogP contribution >= 0.6 is 0 Å². The zero-order valence-corrected chi connectivity index (χ0v) is 9.62. The Labute approximate surface area is 98.7 Å². The lowest BCUT2D eigenvalue weighted by Gasteiger charge is -2.01. The number of methoxy groups -OCH3 is 1. The molecular formula is C11H13N3O3. The number of allylic oxidation sites excluding steroid dienone is 1. The first-order valence-electron chi connectivity index (χ1n) is 5.01. The van der Waals surface area contributed by atoms with E-state index in [0.717, 1.165) is 0 Å². The second-order valence-corrected chi connectivity index (χ2v) is 3.05. The maximum Gasteiger partial charge on any atom is 0.362 e. The molecule has 17 heavy (non-hydrogen) atoms. The molecule has 6 heteroatoms. The Balaban J connectivity index is 2.96. The van der Waals surface area contributed by atoms with Crippen LogP contribution in [0, 0.1) is 0 Å². The van der Waals surface area contributed by atoms with Crippen molar-refractivity contribution >= 4 is 11.7 Å². The predicted molar refractivity (Wildman–Crippen MR) is 60.7 cm³/mol. The van der Waals surface area contributed by atoms with Crippen molar-refractivity contribution in [2.75, 3.05) is 7.11 Å². The summed E-state index contributed by atoms with van der Waals surface area (Å²) in [7, 11) is 1.22. The Bertz CT molecular complexity index is 441. The summed E-state index contributed by atoms with van der Waals surface area (Å²) in [5, 5.41) is 17.0. The van der Waals surface area contributed by atoms with Crippen molar-refractivity contribution < 1.29 is 14.6 Å². The van der Waals surface area contributed by atoms with Crippen LogP contribution in [-0.2, 0) is 9.53 Å². The third-order valence-electron chi connectivity index (χ3n) is 1.92. The van der Waals surface area contributed by atoms with E-state index in [1.807, 2.05) is 0 Å². The number of aliphatic hydroxyl groups excluding tert-OH is 1. The van der Waals surface area contributed by atoms with E-state index in [0.29, 0.717) is 5.69 Å². The van der Waals surface area contributed by atoms with E-state index in [1.54, 1.807) is 31.5 Å². The van der Waals surface area contributed by atoms with Crippen LogP contribution in [-0.4, -0.2) is 23.2 Å². The lowest BCUT2D eigenvalue weighted by molar-refractivity contribution is -0.136. The number of pyridine rings is 1. The van der Waals surface area contributed by atoms with Gasteiger partial charge >= 0.3 is 5.97 Å². The van der Waals surface area contributed by atoms with Gasteiger partial charge in [-0.05, 0) is 12.1 Å². The number of esters is 1. The van der Waals surface area contributed by atoms with Crippen LogP contribution in [0.3, 0.4) is 0 Å². The van der Waals surface area contributed by atoms with Gasteiger partial charge in [0.1, 0.15) is 5.76 Å². The summed E-state index contributed by atoms with van der Waals surface area (Å²) in [6.45, 7) is 1.69. The fourth-order valence-corrected chi connectivity index (χ4v) is 0.999. The molecule has 0 aliphatic heterocycles. The Kier molecular flexibility index (Phi) is 4.80. The zero-order valence-electron chi connectivity index (χ0n) is 9.62. The number of azo groups is 1. The van der Waals surface area contributed by atoms with Gasteiger partial charge in [-0.2, -0.15) is 5.11 Å². The van der Waals surface area contributed by atoms with Crippen LogP contribution in [0.1, 0.15) is 13.3 Å². The van der Waals surface area contributed by atoms with Gasteiger partial charge < -0.3 is 9.84 Å². The van der Waals surface area contributed by atoms with E-state index >= 15 is 0 Å². The standard InChI is InChI=1S/C11H13N3O3/c1-3-9(15)10(11(16)17-2)14-13-8-4-6-12-7-5-8/h4-7,15H,3H2,1-2H3. The number of carbonyl (C=O) groups excluding carboxylic acids is 1. The molecule has 0 saturated carbocycles. The van der Waals surface area contributed by atoms with Crippen LogP contribution in [0.2, 0.25) is 0 Å². The summed E-state index contributed by atoms with van der Waals surface area (Å²) in [5.41, 5.74) is 0.345. The van der Waals surface area contributed by atoms with Gasteiger partial charge in [0.25, 0.3) is 0 Å². The van der Waals surface area contributed by atoms with Crippen LogP contribution in [0.15, 0.2) is 46.2 Å². The van der Waals surface area contributed by atoms with Gasteiger partial charge in [0.15, 0.2) is 0 Å². The molecule has 1 rings (SSSR count). The van der Waals surface area contributed by atoms with Crippen LogP contribution < -0.4 is 0 Å². The van der Waals surface area contributed by atoms with Gasteiger partial charge in [-0.25, -0.2) is 4.79 Å². The quantitative estimate of drug-likeness (QED) is 0.376. The SMILES string of the molecule is CCC(O)=C(N=Nc1ccncc1)C(=O)OC. The fraction of sp³-hybridized carbons (Fsp3) is 0.273. The number of aliphatic hydroxyl groups is 1. The number of rotatable bonds is 4. The number of nitrogens with zero attached hydrogens (tertiary/aromatic N) is 3. The molecule has 0 aliphatic carbocycles. The maximum atomic E-state index is 11.3. The van der Waals surface area contributed by atoms with E-state index in [2.05, 4.69) is 19.9 Å². The highest BCUT2D eigenvalue weighted by atomic mass is 16.5. The summed E-state index contributed by atoms with van der Waals surface area (Å²) in [4.78, 5) is 15.1. The normalized spacial score (nSPS) is 12.4. The molecule has 1 aromatic heterocycles. The highest BCUT2D eigenvalue weighted by Gasteiger charge is 2.14. The van der Waals surface area contributed by atoms with Crippen LogP contribution in [0.25, 0.3) is 0 Å². The first kappa shape index (κ1) is 12.8. The Morgan fingerprint density at radius 3 is 2.65 bits per heavy atom. The molecular weight excluding hydrogens is 222 g/mol. The third-order valence-corrected chi connectivity index (χ3v) is 1.92. The number of ether oxygens (including phenoxy) is 1. The highest BCUT2D eigenvalue weighted by molar-refractivity contribution is 5.88. The highest BCUT2D eigenvalue weighted by Crippen LogP contribution is 2.15. The molecule has 1 aromatic rings. The van der Waals surface area contributed by atoms with Crippen molar-refractivity contribution in [3.63, 3.8) is 0 Å². The van der Waals surface area contributed by atoms with Crippen molar-refractivity contribution in [3.05, 3.63) is 36.0 Å². The minimum atomic E-state index is -0.720. The number of hydrogen-bond donors (Lipinski definition) is 1. The molecule has 1 heterocycles. The van der Waals surface area contributed by atoms with Crippen molar-refractivity contribution in [2.45, 2.75) is 13.3 Å². The summed E-state index contributed by atoms with van der Waals surface area (Å²) >= 11 is 0. The second kappa shape index (κ2) is 6.37. The average Bonchev–Trinajstić information content (AvgIpc) is 2.39. The van der Waals surface area contributed by atoms with E-state index in [9.17, 15) is 9.90 Å². The Morgan fingerprint density at radius 2 is 2.12 bits per heavy atom.